The van der Waals surface area contributed by atoms with Crippen LogP contribution in [0.5, 0.6) is 0 Å². The highest BCUT2D eigenvalue weighted by Gasteiger charge is 2.72. The van der Waals surface area contributed by atoms with E-state index in [1.54, 1.807) is 7.11 Å². The number of hydrogen-bond donors (Lipinski definition) is 0. The zero-order valence-electron chi connectivity index (χ0n) is 19.5. The molecule has 3 rings (SSSR count). The van der Waals surface area contributed by atoms with Crippen LogP contribution in [0.15, 0.2) is 11.6 Å². The summed E-state index contributed by atoms with van der Waals surface area (Å²) < 4.78 is 63.3. The van der Waals surface area contributed by atoms with E-state index in [0.717, 1.165) is 19.8 Å². The van der Waals surface area contributed by atoms with Crippen molar-refractivity contribution in [3.8, 4) is 0 Å². The van der Waals surface area contributed by atoms with Gasteiger partial charge in [0, 0.05) is 12.7 Å². The first-order valence-corrected chi connectivity index (χ1v) is 13.7. The minimum atomic E-state index is -4.30. The first kappa shape index (κ1) is 24.2. The van der Waals surface area contributed by atoms with E-state index in [-0.39, 0.29) is 41.3 Å². The lowest BCUT2D eigenvalue weighted by atomic mass is 9.68. The summed E-state index contributed by atoms with van der Waals surface area (Å²) in [4.78, 5) is 0. The van der Waals surface area contributed by atoms with Crippen LogP contribution in [-0.4, -0.2) is 57.7 Å². The summed E-state index contributed by atoms with van der Waals surface area (Å²) >= 11 is 0. The highest BCUT2D eigenvalue weighted by atomic mass is 28.4. The molecule has 1 unspecified atom stereocenters. The quantitative estimate of drug-likeness (QED) is 0.299. The van der Waals surface area contributed by atoms with Crippen molar-refractivity contribution in [1.82, 2.24) is 0 Å². The Kier molecular flexibility index (Phi) is 6.12. The standard InChI is InChI=1S/C22H37F3O4Si/c1-14(22(23,24)25)9-10-16-20(5,28-16)18-17(26-6)15(11-12-21(18)13-27-21)29-30(7,8)19(2,3)4/h9,15-18H,10-13H2,1-8H3/b14-9+/t15-,16-,17-,18-,20?,21+/m1/s1. The van der Waals surface area contributed by atoms with E-state index < -0.39 is 25.7 Å². The zero-order valence-corrected chi connectivity index (χ0v) is 20.5. The summed E-state index contributed by atoms with van der Waals surface area (Å²) in [5, 5.41) is 0.0778. The van der Waals surface area contributed by atoms with E-state index in [9.17, 15) is 13.2 Å². The number of hydrogen-bond acceptors (Lipinski definition) is 4. The maximum Gasteiger partial charge on any atom is 0.412 e. The third-order valence-corrected chi connectivity index (χ3v) is 12.3. The second kappa shape index (κ2) is 7.58. The molecule has 0 amide bonds. The number of epoxide rings is 2. The number of alkyl halides is 3. The molecule has 2 saturated heterocycles. The lowest BCUT2D eigenvalue weighted by Crippen LogP contribution is -2.58. The summed E-state index contributed by atoms with van der Waals surface area (Å²) in [6, 6.07) is 0. The zero-order chi connectivity index (χ0) is 22.8. The Morgan fingerprint density at radius 1 is 1.23 bits per heavy atom. The van der Waals surface area contributed by atoms with E-state index in [0.29, 0.717) is 6.61 Å². The van der Waals surface area contributed by atoms with Gasteiger partial charge >= 0.3 is 6.18 Å². The van der Waals surface area contributed by atoms with E-state index in [2.05, 4.69) is 33.9 Å². The second-order valence-corrected chi connectivity index (χ2v) is 15.7. The second-order valence-electron chi connectivity index (χ2n) is 10.9. The van der Waals surface area contributed by atoms with Crippen molar-refractivity contribution in [3.63, 3.8) is 0 Å². The van der Waals surface area contributed by atoms with Crippen molar-refractivity contribution < 1.29 is 31.8 Å². The summed E-state index contributed by atoms with van der Waals surface area (Å²) in [6.07, 6.45) is -1.65. The van der Waals surface area contributed by atoms with Gasteiger partial charge in [-0.2, -0.15) is 13.2 Å². The molecule has 1 spiro atoms. The minimum Gasteiger partial charge on any atom is -0.411 e. The smallest absolute Gasteiger partial charge is 0.411 e. The Morgan fingerprint density at radius 3 is 2.30 bits per heavy atom. The number of methoxy groups -OCH3 is 1. The molecule has 0 radical (unpaired) electrons. The van der Waals surface area contributed by atoms with Crippen molar-refractivity contribution in [1.29, 1.82) is 0 Å². The van der Waals surface area contributed by atoms with Crippen molar-refractivity contribution in [2.75, 3.05) is 13.7 Å². The van der Waals surface area contributed by atoms with Crippen LogP contribution in [0, 0.1) is 5.92 Å². The number of halogens is 3. The normalized spacial score (nSPS) is 40.0. The van der Waals surface area contributed by atoms with Crippen molar-refractivity contribution in [2.24, 2.45) is 5.92 Å². The van der Waals surface area contributed by atoms with Crippen molar-refractivity contribution in [3.05, 3.63) is 11.6 Å². The van der Waals surface area contributed by atoms with Crippen LogP contribution >= 0.6 is 0 Å². The number of ether oxygens (including phenoxy) is 3. The first-order chi connectivity index (χ1) is 13.6. The van der Waals surface area contributed by atoms with Crippen LogP contribution < -0.4 is 0 Å². The molecule has 3 aliphatic rings. The van der Waals surface area contributed by atoms with Gasteiger partial charge in [-0.15, -0.1) is 0 Å². The van der Waals surface area contributed by atoms with Gasteiger partial charge in [-0.1, -0.05) is 26.8 Å². The fraction of sp³-hybridized carbons (Fsp3) is 0.909. The van der Waals surface area contributed by atoms with Crippen LogP contribution in [0.25, 0.3) is 0 Å². The molecule has 0 aromatic rings. The van der Waals surface area contributed by atoms with Gasteiger partial charge in [0.05, 0.1) is 36.4 Å². The Balaban J connectivity index is 1.79. The average Bonchev–Trinajstić information content (AvgIpc) is 3.50. The molecule has 2 heterocycles. The number of rotatable bonds is 6. The Labute approximate surface area is 179 Å². The largest absolute Gasteiger partial charge is 0.412 e. The molecule has 6 atom stereocenters. The monoisotopic (exact) mass is 450 g/mol. The van der Waals surface area contributed by atoms with E-state index in [4.69, 9.17) is 18.6 Å². The van der Waals surface area contributed by atoms with Gasteiger partial charge in [0.2, 0.25) is 0 Å². The fourth-order valence-electron chi connectivity index (χ4n) is 4.68. The lowest BCUT2D eigenvalue weighted by Gasteiger charge is -2.47. The summed E-state index contributed by atoms with van der Waals surface area (Å²) in [6.45, 7) is 14.8. The van der Waals surface area contributed by atoms with Crippen molar-refractivity contribution >= 4 is 8.32 Å². The van der Waals surface area contributed by atoms with Crippen LogP contribution in [0.3, 0.4) is 0 Å². The highest BCUT2D eigenvalue weighted by molar-refractivity contribution is 6.74. The molecule has 1 saturated carbocycles. The summed E-state index contributed by atoms with van der Waals surface area (Å²) in [5.74, 6) is -0.0666. The van der Waals surface area contributed by atoms with E-state index in [1.807, 2.05) is 6.92 Å². The Bertz CT molecular complexity index is 681. The van der Waals surface area contributed by atoms with Crippen LogP contribution in [0.2, 0.25) is 18.1 Å². The Morgan fingerprint density at radius 2 is 1.83 bits per heavy atom. The van der Waals surface area contributed by atoms with E-state index in [1.165, 1.54) is 6.08 Å². The molecule has 0 bridgehead atoms. The topological polar surface area (TPSA) is 43.5 Å². The van der Waals surface area contributed by atoms with E-state index >= 15 is 0 Å². The number of allylic oxidation sites excluding steroid dienone is 1. The molecule has 0 aromatic heterocycles. The van der Waals surface area contributed by atoms with Gasteiger partial charge in [0.15, 0.2) is 8.32 Å². The van der Waals surface area contributed by atoms with Gasteiger partial charge in [-0.25, -0.2) is 0 Å². The van der Waals surface area contributed by atoms with Crippen molar-refractivity contribution in [2.45, 2.75) is 108 Å². The maximum atomic E-state index is 12.9. The van der Waals surface area contributed by atoms with Gasteiger partial charge in [-0.3, -0.25) is 0 Å². The molecule has 0 aromatic carbocycles. The lowest BCUT2D eigenvalue weighted by molar-refractivity contribution is -0.111. The summed E-state index contributed by atoms with van der Waals surface area (Å²) in [7, 11) is -0.319. The molecule has 4 nitrogen and oxygen atoms in total. The molecule has 8 heteroatoms. The first-order valence-electron chi connectivity index (χ1n) is 10.8. The molecular weight excluding hydrogens is 413 g/mol. The molecule has 3 fully saturated rings. The fourth-order valence-corrected chi connectivity index (χ4v) is 6.04. The predicted octanol–water partition coefficient (Wildman–Crippen LogP) is 5.63. The van der Waals surface area contributed by atoms with Gasteiger partial charge in [0.1, 0.15) is 5.60 Å². The highest BCUT2D eigenvalue weighted by Crippen LogP contribution is 2.60. The molecule has 2 aliphatic heterocycles. The molecule has 30 heavy (non-hydrogen) atoms. The van der Waals surface area contributed by atoms with Gasteiger partial charge in [-0.05, 0) is 51.2 Å². The molecular formula is C22H37F3O4Si. The third-order valence-electron chi connectivity index (χ3n) is 7.83. The molecule has 0 N–H and O–H groups in total. The Hall–Kier alpha value is -0.413. The van der Waals surface area contributed by atoms with Crippen LogP contribution in [0.1, 0.15) is 53.9 Å². The van der Waals surface area contributed by atoms with Crippen LogP contribution in [-0.2, 0) is 18.6 Å². The SMILES string of the molecule is CO[C@H]1[C@H](C2(C)O[C@@H]2C/C=C(\C)C(F)(F)F)[C@]2(CC[C@H]1O[Si](C)(C)C(C)(C)C)CO2. The predicted molar refractivity (Wildman–Crippen MR) is 112 cm³/mol. The molecule has 1 aliphatic carbocycles. The van der Waals surface area contributed by atoms with Crippen LogP contribution in [0.4, 0.5) is 13.2 Å². The minimum absolute atomic E-state index is 0.0650. The maximum absolute atomic E-state index is 12.9. The third kappa shape index (κ3) is 4.40. The van der Waals surface area contributed by atoms with Gasteiger partial charge < -0.3 is 18.6 Å². The molecule has 174 valence electrons. The average molecular weight is 451 g/mol. The van der Waals surface area contributed by atoms with Gasteiger partial charge in [0.25, 0.3) is 0 Å². The summed E-state index contributed by atoms with van der Waals surface area (Å²) in [5.41, 5.74) is -1.46.